The van der Waals surface area contributed by atoms with Gasteiger partial charge in [0.1, 0.15) is 5.01 Å². The van der Waals surface area contributed by atoms with Crippen molar-refractivity contribution in [2.45, 2.75) is 5.41 Å². The Labute approximate surface area is 96.9 Å². The predicted molar refractivity (Wildman–Crippen MR) is 61.5 cm³/mol. The molecule has 3 rings (SSSR count). The van der Waals surface area contributed by atoms with Gasteiger partial charge in [0.25, 0.3) is 0 Å². The van der Waals surface area contributed by atoms with E-state index in [1.165, 1.54) is 0 Å². The predicted octanol–water partition coefficient (Wildman–Crippen LogP) is 1.40. The van der Waals surface area contributed by atoms with Crippen LogP contribution in [-0.2, 0) is 10.2 Å². The summed E-state index contributed by atoms with van der Waals surface area (Å²) in [6, 6.07) is 3.94. The highest BCUT2D eigenvalue weighted by Crippen LogP contribution is 2.34. The van der Waals surface area contributed by atoms with E-state index >= 15 is 0 Å². The van der Waals surface area contributed by atoms with Crippen molar-refractivity contribution in [1.82, 2.24) is 9.97 Å². The summed E-state index contributed by atoms with van der Waals surface area (Å²) in [5, 5.41) is 12.4. The third-order valence-electron chi connectivity index (χ3n) is 2.94. The molecule has 1 aliphatic rings. The summed E-state index contributed by atoms with van der Waals surface area (Å²) in [4.78, 5) is 7.69. The normalized spacial score (nSPS) is 18.3. The molecule has 0 unspecified atom stereocenters. The van der Waals surface area contributed by atoms with Crippen molar-refractivity contribution in [3.8, 4) is 10.7 Å². The molecule has 0 aromatic carbocycles. The summed E-state index contributed by atoms with van der Waals surface area (Å²) in [7, 11) is 0. The van der Waals surface area contributed by atoms with E-state index in [9.17, 15) is 5.11 Å². The Balaban J connectivity index is 1.93. The lowest BCUT2D eigenvalue weighted by Gasteiger charge is -2.38. The summed E-state index contributed by atoms with van der Waals surface area (Å²) in [5.41, 5.74) is 1.70. The number of aliphatic hydroxyl groups is 1. The molecule has 0 spiro atoms. The minimum Gasteiger partial charge on any atom is -0.395 e. The van der Waals surface area contributed by atoms with Gasteiger partial charge in [-0.05, 0) is 12.1 Å². The SMILES string of the molecule is OCC1(c2csc(-c3ccc[nH]3)n2)COC1. The highest BCUT2D eigenvalue weighted by Gasteiger charge is 2.42. The standard InChI is InChI=1S/C11H12N2O2S/c14-5-11(6-15-7-11)9-4-16-10(13-9)8-2-1-3-12-8/h1-4,12,14H,5-7H2. The average Bonchev–Trinajstić information content (AvgIpc) is 2.86. The number of ether oxygens (including phenoxy) is 1. The first-order valence-electron chi connectivity index (χ1n) is 5.12. The van der Waals surface area contributed by atoms with E-state index in [0.29, 0.717) is 13.2 Å². The summed E-state index contributed by atoms with van der Waals surface area (Å²) >= 11 is 1.59. The monoisotopic (exact) mass is 236 g/mol. The lowest BCUT2D eigenvalue weighted by atomic mass is 9.84. The van der Waals surface area contributed by atoms with Crippen LogP contribution in [0.3, 0.4) is 0 Å². The molecule has 1 saturated heterocycles. The summed E-state index contributed by atoms with van der Waals surface area (Å²) in [6.45, 7) is 1.23. The van der Waals surface area contributed by atoms with E-state index < -0.39 is 0 Å². The largest absolute Gasteiger partial charge is 0.395 e. The Bertz CT molecular complexity index is 468. The second-order valence-electron chi connectivity index (χ2n) is 4.05. The molecule has 1 aliphatic heterocycles. The molecular formula is C11H12N2O2S. The van der Waals surface area contributed by atoms with Crippen LogP contribution in [0.25, 0.3) is 10.7 Å². The molecule has 3 heterocycles. The van der Waals surface area contributed by atoms with E-state index in [0.717, 1.165) is 16.4 Å². The zero-order valence-electron chi connectivity index (χ0n) is 8.64. The fraction of sp³-hybridized carbons (Fsp3) is 0.364. The second-order valence-corrected chi connectivity index (χ2v) is 4.91. The minimum atomic E-state index is -0.263. The van der Waals surface area contributed by atoms with Crippen LogP contribution in [0.2, 0.25) is 0 Å². The van der Waals surface area contributed by atoms with Crippen molar-refractivity contribution in [2.24, 2.45) is 0 Å². The van der Waals surface area contributed by atoms with Crippen molar-refractivity contribution in [1.29, 1.82) is 0 Å². The Kier molecular flexibility index (Phi) is 2.31. The van der Waals surface area contributed by atoms with Crippen LogP contribution in [0.5, 0.6) is 0 Å². The van der Waals surface area contributed by atoms with Crippen LogP contribution < -0.4 is 0 Å². The van der Waals surface area contributed by atoms with Crippen LogP contribution in [0.4, 0.5) is 0 Å². The lowest BCUT2D eigenvalue weighted by molar-refractivity contribution is -0.0859. The van der Waals surface area contributed by atoms with Crippen molar-refractivity contribution in [2.75, 3.05) is 19.8 Å². The summed E-state index contributed by atoms with van der Waals surface area (Å²) < 4.78 is 5.18. The molecule has 2 N–H and O–H groups in total. The first kappa shape index (κ1) is 10.0. The number of rotatable bonds is 3. The van der Waals surface area contributed by atoms with Gasteiger partial charge in [-0.2, -0.15) is 0 Å². The van der Waals surface area contributed by atoms with Gasteiger partial charge in [-0.3, -0.25) is 0 Å². The van der Waals surface area contributed by atoms with Gasteiger partial charge in [-0.25, -0.2) is 4.98 Å². The second kappa shape index (κ2) is 3.69. The number of nitrogens with one attached hydrogen (secondary N) is 1. The van der Waals surface area contributed by atoms with Gasteiger partial charge in [-0.1, -0.05) is 0 Å². The van der Waals surface area contributed by atoms with E-state index in [-0.39, 0.29) is 12.0 Å². The molecule has 2 aromatic heterocycles. The Hall–Kier alpha value is -1.17. The van der Waals surface area contributed by atoms with E-state index in [2.05, 4.69) is 9.97 Å². The molecular weight excluding hydrogens is 224 g/mol. The number of hydrogen-bond acceptors (Lipinski definition) is 4. The fourth-order valence-electron chi connectivity index (χ4n) is 1.77. The lowest BCUT2D eigenvalue weighted by Crippen LogP contribution is -2.49. The molecule has 0 bridgehead atoms. The molecule has 0 amide bonds. The number of nitrogens with zero attached hydrogens (tertiary/aromatic N) is 1. The molecule has 84 valence electrons. The molecule has 4 nitrogen and oxygen atoms in total. The smallest absolute Gasteiger partial charge is 0.139 e. The molecule has 0 radical (unpaired) electrons. The van der Waals surface area contributed by atoms with Crippen LogP contribution in [0.1, 0.15) is 5.69 Å². The number of thiazole rings is 1. The van der Waals surface area contributed by atoms with Gasteiger partial charge in [0.05, 0.1) is 36.6 Å². The highest BCUT2D eigenvalue weighted by atomic mass is 32.1. The first-order valence-corrected chi connectivity index (χ1v) is 6.00. The van der Waals surface area contributed by atoms with Gasteiger partial charge >= 0.3 is 0 Å². The molecule has 0 atom stereocenters. The number of H-pyrrole nitrogens is 1. The molecule has 2 aromatic rings. The average molecular weight is 236 g/mol. The molecule has 1 fully saturated rings. The van der Waals surface area contributed by atoms with E-state index in [4.69, 9.17) is 4.74 Å². The molecule has 0 aliphatic carbocycles. The number of aliphatic hydroxyl groups excluding tert-OH is 1. The van der Waals surface area contributed by atoms with Crippen molar-refractivity contribution >= 4 is 11.3 Å². The van der Waals surface area contributed by atoms with Crippen molar-refractivity contribution in [3.05, 3.63) is 29.4 Å². The van der Waals surface area contributed by atoms with Crippen LogP contribution in [0.15, 0.2) is 23.7 Å². The number of aromatic nitrogens is 2. The van der Waals surface area contributed by atoms with Gasteiger partial charge < -0.3 is 14.8 Å². The topological polar surface area (TPSA) is 58.1 Å². The number of aromatic amines is 1. The Morgan fingerprint density at radius 3 is 3.00 bits per heavy atom. The summed E-state index contributed by atoms with van der Waals surface area (Å²) in [6.07, 6.45) is 1.88. The van der Waals surface area contributed by atoms with Crippen molar-refractivity contribution in [3.63, 3.8) is 0 Å². The molecule has 16 heavy (non-hydrogen) atoms. The van der Waals surface area contributed by atoms with Gasteiger partial charge in [0.15, 0.2) is 0 Å². The minimum absolute atomic E-state index is 0.0981. The van der Waals surface area contributed by atoms with Gasteiger partial charge in [0, 0.05) is 11.6 Å². The van der Waals surface area contributed by atoms with Crippen LogP contribution >= 0.6 is 11.3 Å². The molecule has 5 heteroatoms. The van der Waals surface area contributed by atoms with Crippen LogP contribution in [-0.4, -0.2) is 34.9 Å². The summed E-state index contributed by atoms with van der Waals surface area (Å²) in [5.74, 6) is 0. The maximum atomic E-state index is 9.41. The maximum Gasteiger partial charge on any atom is 0.139 e. The van der Waals surface area contributed by atoms with Gasteiger partial charge in [-0.15, -0.1) is 11.3 Å². The fourth-order valence-corrected chi connectivity index (χ4v) is 2.70. The third-order valence-corrected chi connectivity index (χ3v) is 3.81. The Morgan fingerprint density at radius 1 is 1.56 bits per heavy atom. The van der Waals surface area contributed by atoms with E-state index in [1.807, 2.05) is 23.7 Å². The third kappa shape index (κ3) is 1.40. The van der Waals surface area contributed by atoms with Crippen molar-refractivity contribution < 1.29 is 9.84 Å². The number of hydrogen-bond donors (Lipinski definition) is 2. The maximum absolute atomic E-state index is 9.41. The molecule has 0 saturated carbocycles. The van der Waals surface area contributed by atoms with Crippen LogP contribution in [0, 0.1) is 0 Å². The first-order chi connectivity index (χ1) is 7.84. The van der Waals surface area contributed by atoms with Gasteiger partial charge in [0.2, 0.25) is 0 Å². The zero-order chi connectivity index (χ0) is 11.0. The zero-order valence-corrected chi connectivity index (χ0v) is 9.46. The quantitative estimate of drug-likeness (QED) is 0.847. The van der Waals surface area contributed by atoms with E-state index in [1.54, 1.807) is 11.3 Å². The Morgan fingerprint density at radius 2 is 2.44 bits per heavy atom. The highest BCUT2D eigenvalue weighted by molar-refractivity contribution is 7.13.